The van der Waals surface area contributed by atoms with Crippen LogP contribution in [-0.2, 0) is 6.42 Å². The zero-order valence-electron chi connectivity index (χ0n) is 10.2. The van der Waals surface area contributed by atoms with Gasteiger partial charge in [0.25, 0.3) is 5.91 Å². The molecule has 0 saturated carbocycles. The number of hydrogen-bond donors (Lipinski definition) is 1. The van der Waals surface area contributed by atoms with Crippen LogP contribution in [-0.4, -0.2) is 16.9 Å². The summed E-state index contributed by atoms with van der Waals surface area (Å²) in [6.07, 6.45) is 3.46. The second-order valence-electron chi connectivity index (χ2n) is 3.92. The van der Waals surface area contributed by atoms with E-state index in [4.69, 9.17) is 11.6 Å². The van der Waals surface area contributed by atoms with Gasteiger partial charge in [0.1, 0.15) is 5.15 Å². The van der Waals surface area contributed by atoms with Crippen molar-refractivity contribution in [2.75, 3.05) is 0 Å². The number of hydrogen-bond acceptors (Lipinski definition) is 2. The second-order valence-corrected chi connectivity index (χ2v) is 4.30. The Hall–Kier alpha value is -1.35. The van der Waals surface area contributed by atoms with E-state index in [1.54, 1.807) is 18.2 Å². The Labute approximate surface area is 107 Å². The molecule has 3 nitrogen and oxygen atoms in total. The van der Waals surface area contributed by atoms with Gasteiger partial charge in [-0.2, -0.15) is 0 Å². The lowest BCUT2D eigenvalue weighted by Crippen LogP contribution is -2.31. The lowest BCUT2D eigenvalue weighted by Gasteiger charge is -2.10. The fraction of sp³-hybridized carbons (Fsp3) is 0.385. The van der Waals surface area contributed by atoms with Crippen molar-refractivity contribution < 1.29 is 4.79 Å². The molecule has 0 radical (unpaired) electrons. The van der Waals surface area contributed by atoms with Crippen LogP contribution < -0.4 is 5.32 Å². The molecule has 1 aromatic rings. The predicted octanol–water partition coefficient (Wildman–Crippen LogP) is 2.99. The van der Waals surface area contributed by atoms with Crippen LogP contribution in [0.25, 0.3) is 0 Å². The lowest BCUT2D eigenvalue weighted by atomic mass is 10.1. The van der Waals surface area contributed by atoms with Crippen molar-refractivity contribution in [2.45, 2.75) is 32.7 Å². The second kappa shape index (κ2) is 6.40. The molecule has 17 heavy (non-hydrogen) atoms. The Morgan fingerprint density at radius 2 is 2.35 bits per heavy atom. The zero-order chi connectivity index (χ0) is 12.8. The summed E-state index contributed by atoms with van der Waals surface area (Å²) < 4.78 is 0. The Balaban J connectivity index is 2.89. The molecule has 4 heteroatoms. The van der Waals surface area contributed by atoms with E-state index in [2.05, 4.69) is 23.8 Å². The van der Waals surface area contributed by atoms with Gasteiger partial charge in [0.2, 0.25) is 0 Å². The SMILES string of the molecule is C=CC(C)NC(=O)c1cc(Cl)nc(CCC)c1. The van der Waals surface area contributed by atoms with Gasteiger partial charge in [-0.3, -0.25) is 4.79 Å². The normalized spacial score (nSPS) is 11.9. The van der Waals surface area contributed by atoms with E-state index in [0.717, 1.165) is 18.5 Å². The smallest absolute Gasteiger partial charge is 0.251 e. The first-order valence-electron chi connectivity index (χ1n) is 5.66. The largest absolute Gasteiger partial charge is 0.346 e. The third kappa shape index (κ3) is 4.19. The first-order chi connectivity index (χ1) is 8.06. The summed E-state index contributed by atoms with van der Waals surface area (Å²) in [5.41, 5.74) is 1.39. The Kier molecular flexibility index (Phi) is 5.16. The van der Waals surface area contributed by atoms with Crippen LogP contribution >= 0.6 is 11.6 Å². The molecule has 0 aromatic carbocycles. The number of carbonyl (C=O) groups excluding carboxylic acids is 1. The van der Waals surface area contributed by atoms with E-state index in [0.29, 0.717) is 10.7 Å². The number of pyridine rings is 1. The lowest BCUT2D eigenvalue weighted by molar-refractivity contribution is 0.0946. The highest BCUT2D eigenvalue weighted by atomic mass is 35.5. The zero-order valence-corrected chi connectivity index (χ0v) is 10.9. The van der Waals surface area contributed by atoms with E-state index in [9.17, 15) is 4.79 Å². The maximum absolute atomic E-state index is 11.9. The minimum Gasteiger partial charge on any atom is -0.346 e. The number of halogens is 1. The van der Waals surface area contributed by atoms with Gasteiger partial charge in [0.05, 0.1) is 0 Å². The van der Waals surface area contributed by atoms with E-state index >= 15 is 0 Å². The summed E-state index contributed by atoms with van der Waals surface area (Å²) in [5.74, 6) is -0.154. The third-order valence-corrected chi connectivity index (χ3v) is 2.52. The van der Waals surface area contributed by atoms with Gasteiger partial charge in [-0.15, -0.1) is 6.58 Å². The average Bonchev–Trinajstić information content (AvgIpc) is 2.28. The van der Waals surface area contributed by atoms with Crippen LogP contribution in [0.15, 0.2) is 24.8 Å². The van der Waals surface area contributed by atoms with Gasteiger partial charge in [-0.1, -0.05) is 31.0 Å². The van der Waals surface area contributed by atoms with Gasteiger partial charge < -0.3 is 5.32 Å². The number of aromatic nitrogens is 1. The predicted molar refractivity (Wildman–Crippen MR) is 70.4 cm³/mol. The number of aryl methyl sites for hydroxylation is 1. The van der Waals surface area contributed by atoms with Crippen molar-refractivity contribution in [2.24, 2.45) is 0 Å². The molecule has 0 saturated heterocycles. The summed E-state index contributed by atoms with van der Waals surface area (Å²) in [4.78, 5) is 16.0. The molecule has 1 unspecified atom stereocenters. The van der Waals surface area contributed by atoms with Crippen molar-refractivity contribution in [1.29, 1.82) is 0 Å². The highest BCUT2D eigenvalue weighted by molar-refractivity contribution is 6.29. The van der Waals surface area contributed by atoms with Crippen LogP contribution in [0.5, 0.6) is 0 Å². The minimum absolute atomic E-state index is 0.0657. The van der Waals surface area contributed by atoms with Crippen LogP contribution in [0.4, 0.5) is 0 Å². The minimum atomic E-state index is -0.154. The van der Waals surface area contributed by atoms with Gasteiger partial charge in [0, 0.05) is 17.3 Å². The van der Waals surface area contributed by atoms with E-state index in [-0.39, 0.29) is 11.9 Å². The third-order valence-electron chi connectivity index (χ3n) is 2.33. The Bertz CT molecular complexity index is 418. The molecule has 92 valence electrons. The van der Waals surface area contributed by atoms with Crippen molar-refractivity contribution in [3.63, 3.8) is 0 Å². The van der Waals surface area contributed by atoms with Crippen molar-refractivity contribution in [3.05, 3.63) is 41.2 Å². The van der Waals surface area contributed by atoms with Crippen LogP contribution in [0.3, 0.4) is 0 Å². The highest BCUT2D eigenvalue weighted by Gasteiger charge is 2.10. The molecule has 0 aliphatic heterocycles. The number of carbonyl (C=O) groups is 1. The Morgan fingerprint density at radius 1 is 1.65 bits per heavy atom. The van der Waals surface area contributed by atoms with E-state index in [1.165, 1.54) is 0 Å². The van der Waals surface area contributed by atoms with Gasteiger partial charge >= 0.3 is 0 Å². The Morgan fingerprint density at radius 3 is 2.94 bits per heavy atom. The first kappa shape index (κ1) is 13.7. The molecule has 0 fully saturated rings. The van der Waals surface area contributed by atoms with Crippen LogP contribution in [0.1, 0.15) is 36.3 Å². The molecule has 1 amide bonds. The number of nitrogens with zero attached hydrogens (tertiary/aromatic N) is 1. The summed E-state index contributed by atoms with van der Waals surface area (Å²) in [5, 5.41) is 3.15. The van der Waals surface area contributed by atoms with Crippen LogP contribution in [0, 0.1) is 0 Å². The van der Waals surface area contributed by atoms with Gasteiger partial charge in [-0.05, 0) is 25.5 Å². The average molecular weight is 253 g/mol. The molecule has 1 atom stereocenters. The molecular weight excluding hydrogens is 236 g/mol. The van der Waals surface area contributed by atoms with Crippen molar-refractivity contribution >= 4 is 17.5 Å². The summed E-state index contributed by atoms with van der Waals surface area (Å²) in [7, 11) is 0. The van der Waals surface area contributed by atoms with Gasteiger partial charge in [-0.25, -0.2) is 4.98 Å². The standard InChI is InChI=1S/C13H17ClN2O/c1-4-6-11-7-10(8-12(14)16-11)13(17)15-9(3)5-2/h5,7-9H,2,4,6H2,1,3H3,(H,15,17). The molecule has 1 aromatic heterocycles. The quantitative estimate of drug-likeness (QED) is 0.647. The molecule has 0 bridgehead atoms. The molecule has 1 heterocycles. The molecule has 0 spiro atoms. The van der Waals surface area contributed by atoms with E-state index in [1.807, 2.05) is 6.92 Å². The number of rotatable bonds is 5. The van der Waals surface area contributed by atoms with E-state index < -0.39 is 0 Å². The molecule has 1 N–H and O–H groups in total. The molecular formula is C13H17ClN2O. The van der Waals surface area contributed by atoms with Crippen molar-refractivity contribution in [1.82, 2.24) is 10.3 Å². The van der Waals surface area contributed by atoms with Gasteiger partial charge in [0.15, 0.2) is 0 Å². The first-order valence-corrected chi connectivity index (χ1v) is 6.04. The topological polar surface area (TPSA) is 42.0 Å². The number of nitrogens with one attached hydrogen (secondary N) is 1. The monoisotopic (exact) mass is 252 g/mol. The number of amides is 1. The highest BCUT2D eigenvalue weighted by Crippen LogP contribution is 2.12. The molecule has 0 aliphatic rings. The fourth-order valence-corrected chi connectivity index (χ4v) is 1.64. The molecule has 0 aliphatic carbocycles. The summed E-state index contributed by atoms with van der Waals surface area (Å²) in [6, 6.07) is 3.29. The maximum Gasteiger partial charge on any atom is 0.251 e. The maximum atomic E-state index is 11.9. The summed E-state index contributed by atoms with van der Waals surface area (Å²) in [6.45, 7) is 7.54. The molecule has 1 rings (SSSR count). The summed E-state index contributed by atoms with van der Waals surface area (Å²) >= 11 is 5.89. The van der Waals surface area contributed by atoms with Crippen LogP contribution in [0.2, 0.25) is 5.15 Å². The fourth-order valence-electron chi connectivity index (χ4n) is 1.42. The van der Waals surface area contributed by atoms with Crippen molar-refractivity contribution in [3.8, 4) is 0 Å².